The van der Waals surface area contributed by atoms with Crippen LogP contribution in [0.2, 0.25) is 0 Å². The molecule has 8 nitrogen and oxygen atoms in total. The summed E-state index contributed by atoms with van der Waals surface area (Å²) in [5.74, 6) is -1.15. The minimum absolute atomic E-state index is 0.00534. The van der Waals surface area contributed by atoms with Gasteiger partial charge in [-0.1, -0.05) is 31.2 Å². The van der Waals surface area contributed by atoms with Gasteiger partial charge in [-0.2, -0.15) is 0 Å². The van der Waals surface area contributed by atoms with E-state index in [0.717, 1.165) is 0 Å². The van der Waals surface area contributed by atoms with Crippen LogP contribution in [-0.2, 0) is 14.8 Å². The average Bonchev–Trinajstić information content (AvgIpc) is 2.86. The van der Waals surface area contributed by atoms with Gasteiger partial charge in [0.15, 0.2) is 6.04 Å². The Bertz CT molecular complexity index is 781. The molecule has 0 saturated carbocycles. The molecule has 0 bridgehead atoms. The molecule has 1 atom stereocenters. The summed E-state index contributed by atoms with van der Waals surface area (Å²) in [6.45, 7) is 3.56. The van der Waals surface area contributed by atoms with Crippen LogP contribution in [0.3, 0.4) is 0 Å². The fourth-order valence-electron chi connectivity index (χ4n) is 2.06. The zero-order valence-electron chi connectivity index (χ0n) is 12.0. The van der Waals surface area contributed by atoms with Gasteiger partial charge in [0.2, 0.25) is 10.0 Å². The van der Waals surface area contributed by atoms with Gasteiger partial charge in [0.25, 0.3) is 0 Å². The number of aliphatic carboxylic acids is 1. The van der Waals surface area contributed by atoms with E-state index in [1.165, 1.54) is 23.0 Å². The number of hydrogen-bond donors (Lipinski definition) is 2. The van der Waals surface area contributed by atoms with Gasteiger partial charge in [-0.05, 0) is 18.1 Å². The SMILES string of the molecule is CC(C)[C@@H](C(=O)O)n1cc(-c2ccc(S(N)(=O)=O)cc2)nn1. The molecule has 0 unspecified atom stereocenters. The van der Waals surface area contributed by atoms with Crippen molar-refractivity contribution in [2.75, 3.05) is 0 Å². The molecule has 0 amide bonds. The minimum Gasteiger partial charge on any atom is -0.480 e. The Hall–Kier alpha value is -2.26. The van der Waals surface area contributed by atoms with Gasteiger partial charge in [0, 0.05) is 5.56 Å². The number of rotatable bonds is 5. The third-order valence-corrected chi connectivity index (χ3v) is 4.09. The van der Waals surface area contributed by atoms with Crippen LogP contribution in [0.4, 0.5) is 0 Å². The fourth-order valence-corrected chi connectivity index (χ4v) is 2.58. The van der Waals surface area contributed by atoms with E-state index in [-0.39, 0.29) is 10.8 Å². The summed E-state index contributed by atoms with van der Waals surface area (Å²) in [7, 11) is -3.75. The molecule has 9 heteroatoms. The van der Waals surface area contributed by atoms with Crippen LogP contribution in [0.1, 0.15) is 19.9 Å². The number of carboxylic acid groups (broad SMARTS) is 1. The van der Waals surface area contributed by atoms with E-state index in [1.807, 2.05) is 0 Å². The number of hydrogen-bond acceptors (Lipinski definition) is 5. The van der Waals surface area contributed by atoms with Crippen molar-refractivity contribution in [2.45, 2.75) is 24.8 Å². The van der Waals surface area contributed by atoms with Crippen LogP contribution in [0.25, 0.3) is 11.3 Å². The molecular formula is C13H16N4O4S. The number of benzene rings is 1. The molecule has 2 rings (SSSR count). The number of nitrogens with zero attached hydrogens (tertiary/aromatic N) is 3. The van der Waals surface area contributed by atoms with Gasteiger partial charge in [-0.15, -0.1) is 5.10 Å². The van der Waals surface area contributed by atoms with E-state index in [4.69, 9.17) is 5.14 Å². The molecule has 3 N–H and O–H groups in total. The van der Waals surface area contributed by atoms with Crippen LogP contribution in [-0.4, -0.2) is 34.5 Å². The maximum absolute atomic E-state index is 11.3. The molecule has 0 aliphatic carbocycles. The van der Waals surface area contributed by atoms with Crippen molar-refractivity contribution >= 4 is 16.0 Å². The van der Waals surface area contributed by atoms with Gasteiger partial charge in [-0.3, -0.25) is 0 Å². The predicted molar refractivity (Wildman–Crippen MR) is 78.3 cm³/mol. The molecule has 2 aromatic rings. The second-order valence-electron chi connectivity index (χ2n) is 5.18. The number of aromatic nitrogens is 3. The Kier molecular flexibility index (Phi) is 4.29. The highest BCUT2D eigenvalue weighted by molar-refractivity contribution is 7.89. The highest BCUT2D eigenvalue weighted by Crippen LogP contribution is 2.22. The summed E-state index contributed by atoms with van der Waals surface area (Å²) in [5, 5.41) is 22.0. The van der Waals surface area contributed by atoms with E-state index >= 15 is 0 Å². The van der Waals surface area contributed by atoms with Gasteiger partial charge in [0.05, 0.1) is 11.1 Å². The van der Waals surface area contributed by atoms with Gasteiger partial charge in [-0.25, -0.2) is 23.0 Å². The molecule has 1 heterocycles. The molecule has 0 saturated heterocycles. The van der Waals surface area contributed by atoms with E-state index in [0.29, 0.717) is 11.3 Å². The summed E-state index contributed by atoms with van der Waals surface area (Å²) in [5.41, 5.74) is 1.07. The first kappa shape index (κ1) is 16.1. The lowest BCUT2D eigenvalue weighted by Crippen LogP contribution is -2.24. The molecule has 0 aliphatic rings. The predicted octanol–water partition coefficient (Wildman–Crippen LogP) is 0.874. The Morgan fingerprint density at radius 3 is 2.32 bits per heavy atom. The summed E-state index contributed by atoms with van der Waals surface area (Å²) in [6, 6.07) is 4.99. The van der Waals surface area contributed by atoms with Crippen molar-refractivity contribution < 1.29 is 18.3 Å². The summed E-state index contributed by atoms with van der Waals surface area (Å²) in [6.07, 6.45) is 1.52. The molecule has 22 heavy (non-hydrogen) atoms. The van der Waals surface area contributed by atoms with Gasteiger partial charge in [0.1, 0.15) is 5.69 Å². The van der Waals surface area contributed by atoms with E-state index in [9.17, 15) is 18.3 Å². The second-order valence-corrected chi connectivity index (χ2v) is 6.74. The summed E-state index contributed by atoms with van der Waals surface area (Å²) in [4.78, 5) is 11.3. The molecule has 0 spiro atoms. The molecular weight excluding hydrogens is 308 g/mol. The third-order valence-electron chi connectivity index (χ3n) is 3.16. The average molecular weight is 324 g/mol. The monoisotopic (exact) mass is 324 g/mol. The van der Waals surface area contributed by atoms with Crippen molar-refractivity contribution in [1.82, 2.24) is 15.0 Å². The lowest BCUT2D eigenvalue weighted by atomic mass is 10.1. The second kappa shape index (κ2) is 5.85. The maximum Gasteiger partial charge on any atom is 0.328 e. The van der Waals surface area contributed by atoms with Crippen LogP contribution in [0, 0.1) is 5.92 Å². The molecule has 1 aromatic carbocycles. The summed E-state index contributed by atoms with van der Waals surface area (Å²) < 4.78 is 23.7. The Morgan fingerprint density at radius 1 is 1.27 bits per heavy atom. The maximum atomic E-state index is 11.3. The van der Waals surface area contributed by atoms with Crippen LogP contribution in [0.15, 0.2) is 35.4 Å². The standard InChI is InChI=1S/C13H16N4O4S/c1-8(2)12(13(18)19)17-7-11(15-16-17)9-3-5-10(6-4-9)22(14,20)21/h3-8,12H,1-2H3,(H,18,19)(H2,14,20,21)/t12-/m0/s1. The van der Waals surface area contributed by atoms with Crippen molar-refractivity contribution in [1.29, 1.82) is 0 Å². The number of primary sulfonamides is 1. The zero-order valence-corrected chi connectivity index (χ0v) is 12.9. The third kappa shape index (κ3) is 3.31. The van der Waals surface area contributed by atoms with Gasteiger partial charge < -0.3 is 5.11 Å². The smallest absolute Gasteiger partial charge is 0.328 e. The molecule has 0 aliphatic heterocycles. The zero-order chi connectivity index (χ0) is 16.5. The Morgan fingerprint density at radius 2 is 1.86 bits per heavy atom. The van der Waals surface area contributed by atoms with E-state index in [2.05, 4.69) is 10.3 Å². The first-order valence-electron chi connectivity index (χ1n) is 6.48. The van der Waals surface area contributed by atoms with Gasteiger partial charge >= 0.3 is 5.97 Å². The molecule has 118 valence electrons. The highest BCUT2D eigenvalue weighted by Gasteiger charge is 2.25. The number of carboxylic acids is 1. The molecule has 1 aromatic heterocycles. The Labute approximate surface area is 127 Å². The first-order valence-corrected chi connectivity index (χ1v) is 8.02. The highest BCUT2D eigenvalue weighted by atomic mass is 32.2. The number of sulfonamides is 1. The van der Waals surface area contributed by atoms with Crippen molar-refractivity contribution in [3.8, 4) is 11.3 Å². The van der Waals surface area contributed by atoms with E-state index < -0.39 is 22.0 Å². The van der Waals surface area contributed by atoms with Crippen LogP contribution >= 0.6 is 0 Å². The number of nitrogens with two attached hydrogens (primary N) is 1. The lowest BCUT2D eigenvalue weighted by molar-refractivity contribution is -0.142. The van der Waals surface area contributed by atoms with Crippen molar-refractivity contribution in [3.63, 3.8) is 0 Å². The fraction of sp³-hybridized carbons (Fsp3) is 0.308. The topological polar surface area (TPSA) is 128 Å². The first-order chi connectivity index (χ1) is 10.2. The summed E-state index contributed by atoms with van der Waals surface area (Å²) >= 11 is 0. The number of carbonyl (C=O) groups is 1. The largest absolute Gasteiger partial charge is 0.480 e. The van der Waals surface area contributed by atoms with Crippen molar-refractivity contribution in [2.24, 2.45) is 11.1 Å². The van der Waals surface area contributed by atoms with Crippen LogP contribution < -0.4 is 5.14 Å². The lowest BCUT2D eigenvalue weighted by Gasteiger charge is -2.15. The van der Waals surface area contributed by atoms with Crippen molar-refractivity contribution in [3.05, 3.63) is 30.5 Å². The minimum atomic E-state index is -3.75. The molecule has 0 radical (unpaired) electrons. The van der Waals surface area contributed by atoms with E-state index in [1.54, 1.807) is 26.0 Å². The normalized spacial score (nSPS) is 13.3. The molecule has 0 fully saturated rings. The van der Waals surface area contributed by atoms with Crippen LogP contribution in [0.5, 0.6) is 0 Å². The quantitative estimate of drug-likeness (QED) is 0.840. The Balaban J connectivity index is 2.34.